The fourth-order valence-corrected chi connectivity index (χ4v) is 3.94. The zero-order valence-corrected chi connectivity index (χ0v) is 15.8. The molecule has 4 rings (SSSR count). The van der Waals surface area contributed by atoms with Gasteiger partial charge in [-0.2, -0.15) is 4.98 Å². The number of hydrogen-bond acceptors (Lipinski definition) is 5. The molecule has 1 aromatic carbocycles. The van der Waals surface area contributed by atoms with E-state index in [9.17, 15) is 0 Å². The number of anilines is 3. The summed E-state index contributed by atoms with van der Waals surface area (Å²) in [7, 11) is 0. The number of aromatic nitrogens is 2. The van der Waals surface area contributed by atoms with Crippen LogP contribution in [0.4, 0.5) is 17.5 Å². The maximum atomic E-state index is 4.94. The van der Waals surface area contributed by atoms with Gasteiger partial charge in [-0.15, -0.1) is 0 Å². The van der Waals surface area contributed by atoms with Gasteiger partial charge in [0.2, 0.25) is 5.95 Å². The zero-order chi connectivity index (χ0) is 17.8. The van der Waals surface area contributed by atoms with E-state index in [1.165, 1.54) is 31.4 Å². The van der Waals surface area contributed by atoms with Crippen molar-refractivity contribution in [2.75, 3.05) is 54.0 Å². The summed E-state index contributed by atoms with van der Waals surface area (Å²) in [5.41, 5.74) is 2.39. The first-order valence-electron chi connectivity index (χ1n) is 9.95. The molecular weight excluding hydrogens is 322 g/mol. The highest BCUT2D eigenvalue weighted by atomic mass is 15.3. The van der Waals surface area contributed by atoms with Gasteiger partial charge < -0.3 is 14.7 Å². The summed E-state index contributed by atoms with van der Waals surface area (Å²) in [6, 6.07) is 12.8. The van der Waals surface area contributed by atoms with Crippen LogP contribution in [0.1, 0.15) is 31.4 Å². The molecule has 1 aromatic heterocycles. The second-order valence-electron chi connectivity index (χ2n) is 7.38. The fourth-order valence-electron chi connectivity index (χ4n) is 3.94. The van der Waals surface area contributed by atoms with E-state index in [4.69, 9.17) is 9.97 Å². The lowest BCUT2D eigenvalue weighted by Crippen LogP contribution is -2.47. The van der Waals surface area contributed by atoms with E-state index in [0.29, 0.717) is 0 Å². The summed E-state index contributed by atoms with van der Waals surface area (Å²) < 4.78 is 0. The standard InChI is InChI=1S/C21H29N5/c1-18-17-20(23-21(22-18)26-11-7-2-3-8-12-26)25-15-13-24(14-16-25)19-9-5-4-6-10-19/h4-6,9-10,17H,2-3,7-8,11-16H2,1H3. The third-order valence-electron chi connectivity index (χ3n) is 5.44. The van der Waals surface area contributed by atoms with Crippen molar-refractivity contribution in [1.29, 1.82) is 0 Å². The molecule has 5 nitrogen and oxygen atoms in total. The lowest BCUT2D eigenvalue weighted by atomic mass is 10.2. The summed E-state index contributed by atoms with van der Waals surface area (Å²) >= 11 is 0. The number of piperazine rings is 1. The Labute approximate surface area is 156 Å². The van der Waals surface area contributed by atoms with Gasteiger partial charge in [-0.1, -0.05) is 31.0 Å². The van der Waals surface area contributed by atoms with Crippen LogP contribution in [-0.2, 0) is 0 Å². The van der Waals surface area contributed by atoms with Gasteiger partial charge in [0.1, 0.15) is 5.82 Å². The van der Waals surface area contributed by atoms with Crippen molar-refractivity contribution in [3.8, 4) is 0 Å². The lowest BCUT2D eigenvalue weighted by Gasteiger charge is -2.37. The Morgan fingerprint density at radius 1 is 0.692 bits per heavy atom. The highest BCUT2D eigenvalue weighted by molar-refractivity contribution is 5.51. The average molecular weight is 351 g/mol. The largest absolute Gasteiger partial charge is 0.368 e. The van der Waals surface area contributed by atoms with Gasteiger partial charge in [0, 0.05) is 56.7 Å². The summed E-state index contributed by atoms with van der Waals surface area (Å²) in [6.07, 6.45) is 5.16. The monoisotopic (exact) mass is 351 g/mol. The second kappa shape index (κ2) is 7.94. The minimum absolute atomic E-state index is 0.924. The first-order chi connectivity index (χ1) is 12.8. The maximum absolute atomic E-state index is 4.94. The molecule has 0 spiro atoms. The van der Waals surface area contributed by atoms with Crippen LogP contribution < -0.4 is 14.7 Å². The van der Waals surface area contributed by atoms with Crippen LogP contribution in [0, 0.1) is 6.92 Å². The van der Waals surface area contributed by atoms with Crippen LogP contribution in [-0.4, -0.2) is 49.2 Å². The van der Waals surface area contributed by atoms with Gasteiger partial charge in [0.15, 0.2) is 0 Å². The van der Waals surface area contributed by atoms with E-state index in [-0.39, 0.29) is 0 Å². The molecule has 0 aliphatic carbocycles. The van der Waals surface area contributed by atoms with Crippen molar-refractivity contribution < 1.29 is 0 Å². The topological polar surface area (TPSA) is 35.5 Å². The van der Waals surface area contributed by atoms with Crippen LogP contribution >= 0.6 is 0 Å². The van der Waals surface area contributed by atoms with Gasteiger partial charge in [0.05, 0.1) is 0 Å². The Hall–Kier alpha value is -2.30. The molecule has 5 heteroatoms. The number of rotatable bonds is 3. The van der Waals surface area contributed by atoms with Gasteiger partial charge in [-0.05, 0) is 31.9 Å². The number of aryl methyl sites for hydroxylation is 1. The molecule has 0 N–H and O–H groups in total. The molecular formula is C21H29N5. The van der Waals surface area contributed by atoms with Crippen LogP contribution in [0.3, 0.4) is 0 Å². The van der Waals surface area contributed by atoms with Crippen molar-refractivity contribution in [2.24, 2.45) is 0 Å². The number of para-hydroxylation sites is 1. The number of benzene rings is 1. The highest BCUT2D eigenvalue weighted by Gasteiger charge is 2.20. The maximum Gasteiger partial charge on any atom is 0.227 e. The molecule has 2 saturated heterocycles. The van der Waals surface area contributed by atoms with Crippen molar-refractivity contribution >= 4 is 17.5 Å². The number of hydrogen-bond donors (Lipinski definition) is 0. The van der Waals surface area contributed by atoms with E-state index >= 15 is 0 Å². The van der Waals surface area contributed by atoms with Crippen LogP contribution in [0.2, 0.25) is 0 Å². The second-order valence-corrected chi connectivity index (χ2v) is 7.38. The Bertz CT molecular complexity index is 702. The molecule has 138 valence electrons. The average Bonchev–Trinajstić information content (AvgIpc) is 2.98. The molecule has 3 heterocycles. The van der Waals surface area contributed by atoms with Crippen molar-refractivity contribution in [2.45, 2.75) is 32.6 Å². The van der Waals surface area contributed by atoms with Gasteiger partial charge in [0.25, 0.3) is 0 Å². The first-order valence-corrected chi connectivity index (χ1v) is 9.95. The lowest BCUT2D eigenvalue weighted by molar-refractivity contribution is 0.644. The SMILES string of the molecule is Cc1cc(N2CCN(c3ccccc3)CC2)nc(N2CCCCCC2)n1. The van der Waals surface area contributed by atoms with Crippen LogP contribution in [0.15, 0.2) is 36.4 Å². The smallest absolute Gasteiger partial charge is 0.227 e. The minimum Gasteiger partial charge on any atom is -0.368 e. The quantitative estimate of drug-likeness (QED) is 0.846. The van der Waals surface area contributed by atoms with Crippen LogP contribution in [0.5, 0.6) is 0 Å². The third-order valence-corrected chi connectivity index (χ3v) is 5.44. The summed E-state index contributed by atoms with van der Waals surface area (Å²) in [5, 5.41) is 0. The number of nitrogens with zero attached hydrogens (tertiary/aromatic N) is 5. The van der Waals surface area contributed by atoms with Gasteiger partial charge >= 0.3 is 0 Å². The van der Waals surface area contributed by atoms with Gasteiger partial charge in [-0.25, -0.2) is 4.98 Å². The van der Waals surface area contributed by atoms with E-state index in [2.05, 4.69) is 58.0 Å². The Morgan fingerprint density at radius 3 is 2.04 bits per heavy atom. The minimum atomic E-state index is 0.924. The van der Waals surface area contributed by atoms with Crippen molar-refractivity contribution in [3.05, 3.63) is 42.1 Å². The first kappa shape index (κ1) is 17.1. The van der Waals surface area contributed by atoms with Crippen molar-refractivity contribution in [3.63, 3.8) is 0 Å². The van der Waals surface area contributed by atoms with E-state index in [1.807, 2.05) is 0 Å². The summed E-state index contributed by atoms with van der Waals surface area (Å²) in [4.78, 5) is 16.9. The van der Waals surface area contributed by atoms with E-state index in [0.717, 1.165) is 56.7 Å². The van der Waals surface area contributed by atoms with E-state index < -0.39 is 0 Å². The molecule has 0 bridgehead atoms. The summed E-state index contributed by atoms with van der Waals surface area (Å²) in [6.45, 7) is 8.34. The molecule has 0 atom stereocenters. The predicted molar refractivity (Wildman–Crippen MR) is 108 cm³/mol. The van der Waals surface area contributed by atoms with Crippen molar-refractivity contribution in [1.82, 2.24) is 9.97 Å². The molecule has 0 saturated carbocycles. The van der Waals surface area contributed by atoms with Crippen LogP contribution in [0.25, 0.3) is 0 Å². The zero-order valence-electron chi connectivity index (χ0n) is 15.8. The fraction of sp³-hybridized carbons (Fsp3) is 0.524. The molecule has 2 aromatic rings. The molecule has 0 radical (unpaired) electrons. The Balaban J connectivity index is 1.46. The normalized spacial score (nSPS) is 18.7. The molecule has 26 heavy (non-hydrogen) atoms. The molecule has 2 fully saturated rings. The molecule has 0 unspecified atom stereocenters. The Kier molecular flexibility index (Phi) is 5.23. The highest BCUT2D eigenvalue weighted by Crippen LogP contribution is 2.23. The molecule has 2 aliphatic rings. The van der Waals surface area contributed by atoms with Gasteiger partial charge in [-0.3, -0.25) is 0 Å². The van der Waals surface area contributed by atoms with E-state index in [1.54, 1.807) is 0 Å². The Morgan fingerprint density at radius 2 is 1.35 bits per heavy atom. The summed E-state index contributed by atoms with van der Waals surface area (Å²) in [5.74, 6) is 2.01. The predicted octanol–water partition coefficient (Wildman–Crippen LogP) is 3.49. The third kappa shape index (κ3) is 3.92. The molecule has 2 aliphatic heterocycles. The molecule has 0 amide bonds.